The third-order valence-corrected chi connectivity index (χ3v) is 5.11. The third-order valence-electron chi connectivity index (χ3n) is 3.45. The molecule has 26 heavy (non-hydrogen) atoms. The first-order valence-corrected chi connectivity index (χ1v) is 9.07. The van der Waals surface area contributed by atoms with Crippen molar-refractivity contribution in [2.45, 2.75) is 13.5 Å². The lowest BCUT2D eigenvalue weighted by atomic mass is 10.2. The number of hydrogen-bond donors (Lipinski definition) is 0. The van der Waals surface area contributed by atoms with Crippen molar-refractivity contribution in [2.24, 2.45) is 4.40 Å². The van der Waals surface area contributed by atoms with Crippen LogP contribution >= 0.6 is 11.6 Å². The van der Waals surface area contributed by atoms with Gasteiger partial charge in [0, 0.05) is 18.8 Å². The van der Waals surface area contributed by atoms with Gasteiger partial charge in [-0.3, -0.25) is 4.31 Å². The Labute approximate surface area is 154 Å². The summed E-state index contributed by atoms with van der Waals surface area (Å²) >= 11 is 6.07. The van der Waals surface area contributed by atoms with Crippen LogP contribution in [0.4, 0.5) is 0 Å². The number of carbonyl (C=O) groups is 1. The molecule has 0 radical (unpaired) electrons. The van der Waals surface area contributed by atoms with Gasteiger partial charge in [0.15, 0.2) is 6.61 Å². The van der Waals surface area contributed by atoms with Gasteiger partial charge in [0.2, 0.25) is 5.82 Å². The van der Waals surface area contributed by atoms with Crippen molar-refractivity contribution in [1.82, 2.24) is 14.4 Å². The molecule has 2 heterocycles. The van der Waals surface area contributed by atoms with Crippen LogP contribution in [-0.4, -0.2) is 41.6 Å². The summed E-state index contributed by atoms with van der Waals surface area (Å²) in [7, 11) is -2.52. The highest BCUT2D eigenvalue weighted by molar-refractivity contribution is 7.88. The number of hydrogen-bond acceptors (Lipinski definition) is 7. The lowest BCUT2D eigenvalue weighted by Crippen LogP contribution is -2.29. The van der Waals surface area contributed by atoms with Crippen LogP contribution in [0.15, 0.2) is 45.0 Å². The molecule has 0 saturated heterocycles. The Hall–Kier alpha value is -2.72. The maximum atomic E-state index is 12.2. The van der Waals surface area contributed by atoms with Crippen molar-refractivity contribution < 1.29 is 22.5 Å². The first-order valence-electron chi connectivity index (χ1n) is 7.29. The van der Waals surface area contributed by atoms with Crippen LogP contribution in [0.25, 0.3) is 11.4 Å². The maximum Gasteiger partial charge on any atom is 0.344 e. The van der Waals surface area contributed by atoms with Crippen molar-refractivity contribution in [3.8, 4) is 11.4 Å². The summed E-state index contributed by atoms with van der Waals surface area (Å²) in [6.45, 7) is 1.12. The van der Waals surface area contributed by atoms with E-state index in [1.165, 1.54) is 14.0 Å². The first-order chi connectivity index (χ1) is 12.3. The summed E-state index contributed by atoms with van der Waals surface area (Å²) in [5.74, 6) is -0.423. The highest BCUT2D eigenvalue weighted by Gasteiger charge is 2.26. The Morgan fingerprint density at radius 3 is 2.81 bits per heavy atom. The minimum absolute atomic E-state index is 0.0215. The van der Waals surface area contributed by atoms with E-state index in [-0.39, 0.29) is 29.6 Å². The Morgan fingerprint density at radius 2 is 2.08 bits per heavy atom. The second-order valence-corrected chi connectivity index (χ2v) is 7.34. The molecule has 1 aromatic heterocycles. The average molecular weight is 397 g/mol. The number of rotatable bonds is 4. The molecule has 0 unspecified atom stereocenters. The first kappa shape index (κ1) is 18.1. The van der Waals surface area contributed by atoms with E-state index >= 15 is 0 Å². The van der Waals surface area contributed by atoms with Crippen LogP contribution in [0.2, 0.25) is 5.02 Å². The van der Waals surface area contributed by atoms with Gasteiger partial charge in [-0.1, -0.05) is 28.9 Å². The molecule has 136 valence electrons. The smallest absolute Gasteiger partial charge is 0.344 e. The molecular formula is C15H13ClN4O5S. The quantitative estimate of drug-likeness (QED) is 0.725. The van der Waals surface area contributed by atoms with Gasteiger partial charge in [-0.15, -0.1) is 4.40 Å². The molecule has 9 nitrogen and oxygen atoms in total. The van der Waals surface area contributed by atoms with Crippen LogP contribution in [0.3, 0.4) is 0 Å². The number of esters is 1. The van der Waals surface area contributed by atoms with Crippen LogP contribution < -0.4 is 0 Å². The number of nitrogens with zero attached hydrogens (tertiary/aromatic N) is 4. The fraction of sp³-hybridized carbons (Fsp3) is 0.200. The van der Waals surface area contributed by atoms with Gasteiger partial charge in [-0.2, -0.15) is 13.4 Å². The molecule has 11 heteroatoms. The average Bonchev–Trinajstić information content (AvgIpc) is 3.05. The van der Waals surface area contributed by atoms with Crippen LogP contribution in [0.5, 0.6) is 0 Å². The van der Waals surface area contributed by atoms with E-state index in [0.717, 1.165) is 10.5 Å². The van der Waals surface area contributed by atoms with Gasteiger partial charge >= 0.3 is 16.2 Å². The normalized spacial score (nSPS) is 16.0. The Bertz CT molecular complexity index is 1030. The zero-order chi connectivity index (χ0) is 18.9. The molecule has 3 rings (SSSR count). The maximum absolute atomic E-state index is 12.2. The van der Waals surface area contributed by atoms with Gasteiger partial charge in [-0.05, 0) is 19.1 Å². The minimum Gasteiger partial charge on any atom is -0.452 e. The zero-order valence-electron chi connectivity index (χ0n) is 13.7. The van der Waals surface area contributed by atoms with E-state index in [9.17, 15) is 13.2 Å². The lowest BCUT2D eigenvalue weighted by molar-refractivity contribution is -0.140. The van der Waals surface area contributed by atoms with Crippen LogP contribution in [-0.2, 0) is 26.3 Å². The summed E-state index contributed by atoms with van der Waals surface area (Å²) in [6, 6.07) is 6.97. The molecule has 0 bridgehead atoms. The standard InChI is InChI=1S/C15H13ClN4O5S/c1-9-11(7-20(2)26(22,23)19-9)15(21)24-8-13-17-14(18-25-13)10-5-3-4-6-12(10)16/h3-7H,8H2,1-2H3. The monoisotopic (exact) mass is 396 g/mol. The molecule has 0 amide bonds. The highest BCUT2D eigenvalue weighted by Crippen LogP contribution is 2.25. The van der Waals surface area contributed by atoms with Crippen molar-refractivity contribution in [1.29, 1.82) is 0 Å². The molecule has 0 aliphatic carbocycles. The van der Waals surface area contributed by atoms with Gasteiger partial charge in [0.25, 0.3) is 5.89 Å². The number of carbonyl (C=O) groups excluding carboxylic acids is 1. The van der Waals surface area contributed by atoms with Crippen molar-refractivity contribution in [3.63, 3.8) is 0 Å². The Balaban J connectivity index is 1.70. The predicted octanol–water partition coefficient (Wildman–Crippen LogP) is 1.97. The molecule has 1 aromatic carbocycles. The number of halogens is 1. The van der Waals surface area contributed by atoms with E-state index in [1.54, 1.807) is 24.3 Å². The van der Waals surface area contributed by atoms with Crippen molar-refractivity contribution in [3.05, 3.63) is 47.0 Å². The Morgan fingerprint density at radius 1 is 1.35 bits per heavy atom. The molecule has 0 spiro atoms. The topological polar surface area (TPSA) is 115 Å². The lowest BCUT2D eigenvalue weighted by Gasteiger charge is -2.18. The Kier molecular flexibility index (Phi) is 4.79. The van der Waals surface area contributed by atoms with Crippen molar-refractivity contribution >= 4 is 33.5 Å². The highest BCUT2D eigenvalue weighted by atomic mass is 35.5. The molecule has 1 aliphatic heterocycles. The molecular weight excluding hydrogens is 384 g/mol. The fourth-order valence-corrected chi connectivity index (χ4v) is 3.13. The largest absolute Gasteiger partial charge is 0.452 e. The zero-order valence-corrected chi connectivity index (χ0v) is 15.3. The second-order valence-electron chi connectivity index (χ2n) is 5.28. The summed E-state index contributed by atoms with van der Waals surface area (Å²) < 4.78 is 37.7. The summed E-state index contributed by atoms with van der Waals surface area (Å²) in [5, 5.41) is 4.25. The van der Waals surface area contributed by atoms with Gasteiger partial charge < -0.3 is 9.26 Å². The SMILES string of the molecule is CC1=NS(=O)(=O)N(C)C=C1C(=O)OCc1nc(-c2ccccc2Cl)no1. The molecule has 0 saturated carbocycles. The summed E-state index contributed by atoms with van der Waals surface area (Å²) in [5.41, 5.74) is 0.642. The second kappa shape index (κ2) is 6.89. The molecule has 2 aromatic rings. The predicted molar refractivity (Wildman–Crippen MR) is 92.4 cm³/mol. The van der Waals surface area contributed by atoms with E-state index in [4.69, 9.17) is 20.9 Å². The molecule has 0 atom stereocenters. The van der Waals surface area contributed by atoms with Crippen LogP contribution in [0, 0.1) is 0 Å². The van der Waals surface area contributed by atoms with Gasteiger partial charge in [0.05, 0.1) is 16.3 Å². The van der Waals surface area contributed by atoms with E-state index in [1.807, 2.05) is 0 Å². The molecule has 1 aliphatic rings. The summed E-state index contributed by atoms with van der Waals surface area (Å²) in [4.78, 5) is 16.3. The molecule has 0 fully saturated rings. The number of benzene rings is 1. The molecule has 0 N–H and O–H groups in total. The van der Waals surface area contributed by atoms with E-state index in [0.29, 0.717) is 10.6 Å². The summed E-state index contributed by atoms with van der Waals surface area (Å²) in [6.07, 6.45) is 1.14. The van der Waals surface area contributed by atoms with Crippen molar-refractivity contribution in [2.75, 3.05) is 7.05 Å². The number of ether oxygens (including phenoxy) is 1. The van der Waals surface area contributed by atoms with Gasteiger partial charge in [-0.25, -0.2) is 4.79 Å². The fourth-order valence-electron chi connectivity index (χ4n) is 2.10. The van der Waals surface area contributed by atoms with E-state index < -0.39 is 16.2 Å². The van der Waals surface area contributed by atoms with E-state index in [2.05, 4.69) is 14.5 Å². The minimum atomic E-state index is -3.79. The third kappa shape index (κ3) is 3.60. The van der Waals surface area contributed by atoms with Gasteiger partial charge in [0.1, 0.15) is 0 Å². The number of aromatic nitrogens is 2. The van der Waals surface area contributed by atoms with Crippen LogP contribution in [0.1, 0.15) is 12.8 Å².